The minimum absolute atomic E-state index is 0.379. The molecule has 0 aliphatic carbocycles. The van der Waals surface area contributed by atoms with E-state index >= 15 is 0 Å². The molecular weight excluding hydrogens is 368 g/mol. The Hall–Kier alpha value is -3.52. The fourth-order valence-electron chi connectivity index (χ4n) is 3.04. The van der Waals surface area contributed by atoms with Crippen LogP contribution < -0.4 is 4.74 Å². The van der Waals surface area contributed by atoms with Crippen molar-refractivity contribution < 1.29 is 9.47 Å². The van der Waals surface area contributed by atoms with Crippen molar-refractivity contribution >= 4 is 17.1 Å². The van der Waals surface area contributed by atoms with E-state index in [4.69, 9.17) is 9.47 Å². The van der Waals surface area contributed by atoms with Crippen molar-refractivity contribution in [2.45, 2.75) is 13.5 Å². The van der Waals surface area contributed by atoms with Crippen LogP contribution in [-0.2, 0) is 18.4 Å². The second-order valence-corrected chi connectivity index (χ2v) is 6.55. The fraction of sp³-hybridized carbons (Fsp3) is 0.238. The summed E-state index contributed by atoms with van der Waals surface area (Å²) in [6.07, 6.45) is 5.24. The second kappa shape index (κ2) is 8.24. The Morgan fingerprint density at radius 2 is 2.07 bits per heavy atom. The number of benzene rings is 1. The molecule has 1 N–H and O–H groups in total. The standard InChI is InChI=1S/C21H22N6O2/c1-4-15-7-5-6-8-19(15)29-10-9-28-13-18-16(11-23-27(18)3)21-22-12-17-20(24-21)14(2)25-26-17/h4-8,11-12H,1,9-10,13H2,2-3H3,(H,25,26). The number of nitrogens with zero attached hydrogens (tertiary/aromatic N) is 5. The first-order valence-corrected chi connectivity index (χ1v) is 9.28. The normalized spacial score (nSPS) is 11.1. The lowest BCUT2D eigenvalue weighted by Gasteiger charge is -2.10. The third kappa shape index (κ3) is 3.88. The zero-order valence-corrected chi connectivity index (χ0v) is 16.4. The van der Waals surface area contributed by atoms with Gasteiger partial charge in [0.2, 0.25) is 0 Å². The second-order valence-electron chi connectivity index (χ2n) is 6.55. The van der Waals surface area contributed by atoms with E-state index in [-0.39, 0.29) is 0 Å². The Morgan fingerprint density at radius 1 is 1.21 bits per heavy atom. The van der Waals surface area contributed by atoms with E-state index in [9.17, 15) is 0 Å². The molecule has 3 aromatic heterocycles. The Morgan fingerprint density at radius 3 is 2.93 bits per heavy atom. The minimum Gasteiger partial charge on any atom is -0.491 e. The van der Waals surface area contributed by atoms with Crippen molar-refractivity contribution in [3.05, 3.63) is 60.2 Å². The van der Waals surface area contributed by atoms with Crippen molar-refractivity contribution in [1.29, 1.82) is 0 Å². The van der Waals surface area contributed by atoms with Crippen LogP contribution >= 0.6 is 0 Å². The van der Waals surface area contributed by atoms with Crippen LogP contribution in [0, 0.1) is 6.92 Å². The summed E-state index contributed by atoms with van der Waals surface area (Å²) in [4.78, 5) is 9.07. The van der Waals surface area contributed by atoms with Gasteiger partial charge < -0.3 is 9.47 Å². The number of fused-ring (bicyclic) bond motifs is 1. The van der Waals surface area contributed by atoms with Gasteiger partial charge >= 0.3 is 0 Å². The molecule has 0 saturated carbocycles. The summed E-state index contributed by atoms with van der Waals surface area (Å²) in [5.74, 6) is 1.40. The van der Waals surface area contributed by atoms with Crippen LogP contribution in [0.2, 0.25) is 0 Å². The molecule has 0 radical (unpaired) electrons. The highest BCUT2D eigenvalue weighted by molar-refractivity contribution is 5.78. The van der Waals surface area contributed by atoms with E-state index in [2.05, 4.69) is 31.8 Å². The molecule has 0 saturated heterocycles. The van der Waals surface area contributed by atoms with E-state index in [0.29, 0.717) is 25.6 Å². The molecule has 1 aromatic carbocycles. The fourth-order valence-corrected chi connectivity index (χ4v) is 3.04. The van der Waals surface area contributed by atoms with Gasteiger partial charge in [0.25, 0.3) is 0 Å². The highest BCUT2D eigenvalue weighted by Crippen LogP contribution is 2.23. The molecule has 3 heterocycles. The van der Waals surface area contributed by atoms with Crippen LogP contribution in [-0.4, -0.2) is 43.2 Å². The van der Waals surface area contributed by atoms with Gasteiger partial charge in [0.05, 0.1) is 42.6 Å². The van der Waals surface area contributed by atoms with Gasteiger partial charge in [-0.25, -0.2) is 9.97 Å². The Labute approximate surface area is 168 Å². The van der Waals surface area contributed by atoms with E-state index in [0.717, 1.165) is 39.3 Å². The van der Waals surface area contributed by atoms with Crippen LogP contribution in [0.5, 0.6) is 5.75 Å². The molecule has 0 aliphatic rings. The number of aryl methyl sites for hydroxylation is 2. The molecule has 0 fully saturated rings. The number of H-pyrrole nitrogens is 1. The lowest BCUT2D eigenvalue weighted by molar-refractivity contribution is 0.0852. The minimum atomic E-state index is 0.379. The van der Waals surface area contributed by atoms with E-state index in [1.54, 1.807) is 23.2 Å². The van der Waals surface area contributed by atoms with Gasteiger partial charge in [0.1, 0.15) is 23.4 Å². The first-order valence-electron chi connectivity index (χ1n) is 9.28. The predicted octanol–water partition coefficient (Wildman–Crippen LogP) is 3.30. The average Bonchev–Trinajstić information content (AvgIpc) is 3.30. The van der Waals surface area contributed by atoms with Gasteiger partial charge in [0, 0.05) is 12.6 Å². The smallest absolute Gasteiger partial charge is 0.163 e. The largest absolute Gasteiger partial charge is 0.491 e. The number of hydrogen-bond donors (Lipinski definition) is 1. The Bertz CT molecular complexity index is 1150. The molecule has 148 valence electrons. The van der Waals surface area contributed by atoms with Gasteiger partial charge in [-0.15, -0.1) is 0 Å². The molecule has 0 aliphatic heterocycles. The van der Waals surface area contributed by atoms with Gasteiger partial charge in [-0.05, 0) is 13.0 Å². The highest BCUT2D eigenvalue weighted by atomic mass is 16.5. The van der Waals surface area contributed by atoms with E-state index in [1.807, 2.05) is 38.2 Å². The third-order valence-corrected chi connectivity index (χ3v) is 4.63. The number of nitrogens with one attached hydrogen (secondary N) is 1. The summed E-state index contributed by atoms with van der Waals surface area (Å²) in [6.45, 7) is 6.99. The maximum Gasteiger partial charge on any atom is 0.163 e. The molecule has 0 atom stereocenters. The summed E-state index contributed by atoms with van der Waals surface area (Å²) in [6, 6.07) is 7.77. The van der Waals surface area contributed by atoms with Crippen molar-refractivity contribution in [3.8, 4) is 17.1 Å². The van der Waals surface area contributed by atoms with Crippen LogP contribution in [0.15, 0.2) is 43.2 Å². The van der Waals surface area contributed by atoms with E-state index < -0.39 is 0 Å². The number of aromatic nitrogens is 6. The summed E-state index contributed by atoms with van der Waals surface area (Å²) >= 11 is 0. The van der Waals surface area contributed by atoms with Crippen molar-refractivity contribution in [2.24, 2.45) is 7.05 Å². The number of aromatic amines is 1. The third-order valence-electron chi connectivity index (χ3n) is 4.63. The number of hydrogen-bond acceptors (Lipinski definition) is 6. The van der Waals surface area contributed by atoms with Crippen LogP contribution in [0.3, 0.4) is 0 Å². The van der Waals surface area contributed by atoms with Crippen molar-refractivity contribution in [3.63, 3.8) is 0 Å². The Balaban J connectivity index is 1.41. The lowest BCUT2D eigenvalue weighted by Crippen LogP contribution is -2.09. The van der Waals surface area contributed by atoms with E-state index in [1.165, 1.54) is 0 Å². The molecular formula is C21H22N6O2. The maximum atomic E-state index is 5.83. The molecule has 4 aromatic rings. The predicted molar refractivity (Wildman–Crippen MR) is 110 cm³/mol. The molecule has 0 amide bonds. The Kier molecular flexibility index (Phi) is 5.35. The first-order chi connectivity index (χ1) is 14.2. The molecule has 0 unspecified atom stereocenters. The van der Waals surface area contributed by atoms with Crippen LogP contribution in [0.25, 0.3) is 28.5 Å². The van der Waals surface area contributed by atoms with Crippen LogP contribution in [0.4, 0.5) is 0 Å². The van der Waals surface area contributed by atoms with Gasteiger partial charge in [-0.1, -0.05) is 30.9 Å². The lowest BCUT2D eigenvalue weighted by atomic mass is 10.2. The zero-order valence-electron chi connectivity index (χ0n) is 16.4. The topological polar surface area (TPSA) is 90.7 Å². The molecule has 0 bridgehead atoms. The summed E-state index contributed by atoms with van der Waals surface area (Å²) in [5.41, 5.74) is 5.15. The van der Waals surface area contributed by atoms with Gasteiger partial charge in [0.15, 0.2) is 5.82 Å². The molecule has 8 heteroatoms. The zero-order chi connectivity index (χ0) is 20.2. The quantitative estimate of drug-likeness (QED) is 0.464. The molecule has 29 heavy (non-hydrogen) atoms. The number of rotatable bonds is 8. The van der Waals surface area contributed by atoms with Gasteiger partial charge in [-0.2, -0.15) is 10.2 Å². The summed E-state index contributed by atoms with van der Waals surface area (Å²) in [7, 11) is 1.88. The van der Waals surface area contributed by atoms with Crippen molar-refractivity contribution in [1.82, 2.24) is 29.9 Å². The number of ether oxygens (including phenoxy) is 2. The number of para-hydroxylation sites is 1. The molecule has 8 nitrogen and oxygen atoms in total. The molecule has 0 spiro atoms. The van der Waals surface area contributed by atoms with Crippen LogP contribution in [0.1, 0.15) is 17.0 Å². The van der Waals surface area contributed by atoms with Crippen molar-refractivity contribution in [2.75, 3.05) is 13.2 Å². The monoisotopic (exact) mass is 390 g/mol. The van der Waals surface area contributed by atoms with Gasteiger partial charge in [-0.3, -0.25) is 9.78 Å². The SMILES string of the molecule is C=Cc1ccccc1OCCOCc1c(-c2ncc3n[nH]c(C)c3n2)cnn1C. The first kappa shape index (κ1) is 18.8. The summed E-state index contributed by atoms with van der Waals surface area (Å²) in [5, 5.41) is 11.4. The maximum absolute atomic E-state index is 5.83. The average molecular weight is 390 g/mol. The highest BCUT2D eigenvalue weighted by Gasteiger charge is 2.15. The molecule has 4 rings (SSSR count). The summed E-state index contributed by atoms with van der Waals surface area (Å²) < 4.78 is 13.4.